The molecular formula is C11H10Cl2N2S. The van der Waals surface area contributed by atoms with Crippen molar-refractivity contribution < 1.29 is 0 Å². The quantitative estimate of drug-likeness (QED) is 0.917. The monoisotopic (exact) mass is 272 g/mol. The third kappa shape index (κ3) is 2.95. The highest BCUT2D eigenvalue weighted by Gasteiger charge is 2.03. The Hall–Kier alpha value is -0.610. The van der Waals surface area contributed by atoms with Crippen LogP contribution in [-0.2, 0) is 13.1 Å². The van der Waals surface area contributed by atoms with Gasteiger partial charge in [0.2, 0.25) is 0 Å². The van der Waals surface area contributed by atoms with Crippen molar-refractivity contribution in [3.05, 3.63) is 50.4 Å². The van der Waals surface area contributed by atoms with E-state index in [2.05, 4.69) is 10.3 Å². The average Bonchev–Trinajstić information content (AvgIpc) is 2.77. The predicted molar refractivity (Wildman–Crippen MR) is 69.1 cm³/mol. The van der Waals surface area contributed by atoms with Gasteiger partial charge >= 0.3 is 0 Å². The lowest BCUT2D eigenvalue weighted by atomic mass is 10.2. The highest BCUT2D eigenvalue weighted by atomic mass is 35.5. The fraction of sp³-hybridized carbons (Fsp3) is 0.182. The Morgan fingerprint density at radius 1 is 1.25 bits per heavy atom. The molecule has 16 heavy (non-hydrogen) atoms. The zero-order valence-electron chi connectivity index (χ0n) is 8.41. The van der Waals surface area contributed by atoms with Gasteiger partial charge in [-0.25, -0.2) is 0 Å². The summed E-state index contributed by atoms with van der Waals surface area (Å²) in [5.41, 5.74) is 2.84. The molecule has 1 aromatic heterocycles. The number of nitrogens with zero attached hydrogens (tertiary/aromatic N) is 1. The van der Waals surface area contributed by atoms with E-state index in [0.717, 1.165) is 12.1 Å². The number of hydrogen-bond donors (Lipinski definition) is 1. The fourth-order valence-electron chi connectivity index (χ4n) is 1.33. The molecule has 0 aliphatic heterocycles. The Balaban J connectivity index is 1.92. The topological polar surface area (TPSA) is 24.9 Å². The molecule has 1 N–H and O–H groups in total. The highest BCUT2D eigenvalue weighted by molar-refractivity contribution is 7.09. The van der Waals surface area contributed by atoms with E-state index < -0.39 is 0 Å². The maximum atomic E-state index is 6.07. The van der Waals surface area contributed by atoms with Crippen molar-refractivity contribution in [3.8, 4) is 0 Å². The van der Waals surface area contributed by atoms with Gasteiger partial charge < -0.3 is 5.32 Å². The zero-order chi connectivity index (χ0) is 11.4. The van der Waals surface area contributed by atoms with E-state index in [1.54, 1.807) is 17.4 Å². The first kappa shape index (κ1) is 11.9. The van der Waals surface area contributed by atoms with Crippen LogP contribution in [0.2, 0.25) is 10.0 Å². The highest BCUT2D eigenvalue weighted by Crippen LogP contribution is 2.25. The molecule has 0 fully saturated rings. The van der Waals surface area contributed by atoms with Gasteiger partial charge in [0.05, 0.1) is 15.6 Å². The Bertz CT molecular complexity index is 457. The van der Waals surface area contributed by atoms with Gasteiger partial charge in [-0.3, -0.25) is 4.98 Å². The molecule has 0 amide bonds. The SMILES string of the molecule is Clc1cccc(CNCc2cncs2)c1Cl. The molecule has 2 nitrogen and oxygen atoms in total. The second kappa shape index (κ2) is 5.64. The molecule has 0 unspecified atom stereocenters. The maximum Gasteiger partial charge on any atom is 0.0794 e. The summed E-state index contributed by atoms with van der Waals surface area (Å²) in [5.74, 6) is 0. The van der Waals surface area contributed by atoms with Crippen LogP contribution in [0.15, 0.2) is 29.9 Å². The third-order valence-electron chi connectivity index (χ3n) is 2.13. The number of hydrogen-bond acceptors (Lipinski definition) is 3. The molecule has 2 rings (SSSR count). The standard InChI is InChI=1S/C11H10Cl2N2S/c12-10-3-1-2-8(11(10)13)4-14-5-9-6-15-7-16-9/h1-3,6-7,14H,4-5H2. The van der Waals surface area contributed by atoms with Crippen LogP contribution in [0, 0.1) is 0 Å². The zero-order valence-corrected chi connectivity index (χ0v) is 10.7. The normalized spacial score (nSPS) is 10.6. The van der Waals surface area contributed by atoms with E-state index in [0.29, 0.717) is 16.6 Å². The number of rotatable bonds is 4. The van der Waals surface area contributed by atoms with E-state index >= 15 is 0 Å². The van der Waals surface area contributed by atoms with Crippen molar-refractivity contribution in [1.82, 2.24) is 10.3 Å². The summed E-state index contributed by atoms with van der Waals surface area (Å²) in [6, 6.07) is 5.66. The molecule has 84 valence electrons. The number of halogens is 2. The van der Waals surface area contributed by atoms with Crippen molar-refractivity contribution in [3.63, 3.8) is 0 Å². The van der Waals surface area contributed by atoms with Crippen molar-refractivity contribution in [2.45, 2.75) is 13.1 Å². The molecule has 0 aliphatic rings. The van der Waals surface area contributed by atoms with Gasteiger partial charge in [-0.05, 0) is 11.6 Å². The van der Waals surface area contributed by atoms with Crippen LogP contribution >= 0.6 is 34.5 Å². The molecule has 0 aliphatic carbocycles. The Labute approximate surface area is 108 Å². The minimum absolute atomic E-state index is 0.596. The summed E-state index contributed by atoms with van der Waals surface area (Å²) in [4.78, 5) is 5.22. The summed E-state index contributed by atoms with van der Waals surface area (Å²) >= 11 is 13.6. The lowest BCUT2D eigenvalue weighted by Gasteiger charge is -2.06. The molecule has 2 aromatic rings. The molecule has 0 saturated carbocycles. The number of nitrogens with one attached hydrogen (secondary N) is 1. The largest absolute Gasteiger partial charge is 0.308 e. The van der Waals surface area contributed by atoms with Crippen LogP contribution in [0.4, 0.5) is 0 Å². The van der Waals surface area contributed by atoms with E-state index in [1.165, 1.54) is 4.88 Å². The Kier molecular flexibility index (Phi) is 4.18. The minimum atomic E-state index is 0.596. The second-order valence-electron chi connectivity index (χ2n) is 3.28. The van der Waals surface area contributed by atoms with Gasteiger partial charge in [-0.1, -0.05) is 35.3 Å². The fourth-order valence-corrected chi connectivity index (χ4v) is 2.29. The van der Waals surface area contributed by atoms with E-state index in [1.807, 2.05) is 23.8 Å². The molecule has 0 radical (unpaired) electrons. The van der Waals surface area contributed by atoms with Gasteiger partial charge in [0.25, 0.3) is 0 Å². The maximum absolute atomic E-state index is 6.07. The lowest BCUT2D eigenvalue weighted by molar-refractivity contribution is 0.700. The van der Waals surface area contributed by atoms with Gasteiger partial charge in [0.1, 0.15) is 0 Å². The van der Waals surface area contributed by atoms with Gasteiger partial charge in [-0.15, -0.1) is 11.3 Å². The molecule has 0 spiro atoms. The van der Waals surface area contributed by atoms with E-state index in [-0.39, 0.29) is 0 Å². The first-order valence-corrected chi connectivity index (χ1v) is 6.42. The van der Waals surface area contributed by atoms with Crippen LogP contribution in [0.5, 0.6) is 0 Å². The smallest absolute Gasteiger partial charge is 0.0794 e. The molecule has 5 heteroatoms. The molecule has 0 bridgehead atoms. The molecule has 0 atom stereocenters. The summed E-state index contributed by atoms with van der Waals surface area (Å²) in [7, 11) is 0. The number of thiazole rings is 1. The second-order valence-corrected chi connectivity index (χ2v) is 5.04. The van der Waals surface area contributed by atoms with Crippen LogP contribution in [0.1, 0.15) is 10.4 Å². The molecular weight excluding hydrogens is 263 g/mol. The minimum Gasteiger partial charge on any atom is -0.308 e. The van der Waals surface area contributed by atoms with Crippen LogP contribution in [-0.4, -0.2) is 4.98 Å². The van der Waals surface area contributed by atoms with E-state index in [9.17, 15) is 0 Å². The summed E-state index contributed by atoms with van der Waals surface area (Å²) in [6.07, 6.45) is 1.86. The van der Waals surface area contributed by atoms with Crippen molar-refractivity contribution in [1.29, 1.82) is 0 Å². The van der Waals surface area contributed by atoms with Gasteiger partial charge in [0.15, 0.2) is 0 Å². The predicted octanol–water partition coefficient (Wildman–Crippen LogP) is 3.74. The van der Waals surface area contributed by atoms with Crippen LogP contribution in [0.3, 0.4) is 0 Å². The van der Waals surface area contributed by atoms with E-state index in [4.69, 9.17) is 23.2 Å². The lowest BCUT2D eigenvalue weighted by Crippen LogP contribution is -2.12. The van der Waals surface area contributed by atoms with Crippen molar-refractivity contribution >= 4 is 34.5 Å². The number of aromatic nitrogens is 1. The van der Waals surface area contributed by atoms with Crippen LogP contribution < -0.4 is 5.32 Å². The number of benzene rings is 1. The first-order valence-electron chi connectivity index (χ1n) is 4.78. The first-order chi connectivity index (χ1) is 7.77. The molecule has 1 aromatic carbocycles. The van der Waals surface area contributed by atoms with Crippen molar-refractivity contribution in [2.24, 2.45) is 0 Å². The van der Waals surface area contributed by atoms with Gasteiger partial charge in [-0.2, -0.15) is 0 Å². The van der Waals surface area contributed by atoms with Gasteiger partial charge in [0, 0.05) is 24.2 Å². The summed E-state index contributed by atoms with van der Waals surface area (Å²) < 4.78 is 0. The Morgan fingerprint density at radius 3 is 2.88 bits per heavy atom. The third-order valence-corrected chi connectivity index (χ3v) is 3.77. The summed E-state index contributed by atoms with van der Waals surface area (Å²) in [5, 5.41) is 4.52. The molecule has 0 saturated heterocycles. The van der Waals surface area contributed by atoms with Crippen LogP contribution in [0.25, 0.3) is 0 Å². The molecule has 1 heterocycles. The van der Waals surface area contributed by atoms with Crippen molar-refractivity contribution in [2.75, 3.05) is 0 Å². The summed E-state index contributed by atoms with van der Waals surface area (Å²) in [6.45, 7) is 1.50. The Morgan fingerprint density at radius 2 is 2.12 bits per heavy atom. The average molecular weight is 273 g/mol.